The highest BCUT2D eigenvalue weighted by Crippen LogP contribution is 2.17. The molecule has 6 nitrogen and oxygen atoms in total. The lowest BCUT2D eigenvalue weighted by Crippen LogP contribution is -2.22. The number of carbonyl (C=O) groups is 1. The highest BCUT2D eigenvalue weighted by atomic mass is 16.6. The number of aromatic nitrogens is 2. The summed E-state index contributed by atoms with van der Waals surface area (Å²) in [4.78, 5) is 15.8. The summed E-state index contributed by atoms with van der Waals surface area (Å²) >= 11 is 0. The first kappa shape index (κ1) is 9.47. The molecule has 2 N–H and O–H groups in total. The van der Waals surface area contributed by atoms with Crippen LogP contribution in [-0.2, 0) is 4.84 Å². The first-order chi connectivity index (χ1) is 7.31. The maximum Gasteiger partial charge on any atom is 0.295 e. The summed E-state index contributed by atoms with van der Waals surface area (Å²) in [6, 6.07) is 5.10. The smallest absolute Gasteiger partial charge is 0.295 e. The summed E-state index contributed by atoms with van der Waals surface area (Å²) in [5, 5.41) is 6.50. The Balaban J connectivity index is 2.21. The van der Waals surface area contributed by atoms with Gasteiger partial charge in [0.1, 0.15) is 5.69 Å². The van der Waals surface area contributed by atoms with Crippen LogP contribution in [0.5, 0.6) is 0 Å². The zero-order valence-electron chi connectivity index (χ0n) is 7.98. The van der Waals surface area contributed by atoms with Crippen LogP contribution in [0, 0.1) is 0 Å². The van der Waals surface area contributed by atoms with Gasteiger partial charge in [0.15, 0.2) is 11.5 Å². The number of nitrogens with one attached hydrogen (secondary N) is 2. The summed E-state index contributed by atoms with van der Waals surface area (Å²) < 4.78 is 5.14. The lowest BCUT2D eigenvalue weighted by molar-refractivity contribution is 0.0532. The van der Waals surface area contributed by atoms with Crippen molar-refractivity contribution in [2.24, 2.45) is 0 Å². The van der Waals surface area contributed by atoms with Gasteiger partial charge >= 0.3 is 0 Å². The zero-order chi connectivity index (χ0) is 10.7. The predicted molar refractivity (Wildman–Crippen MR) is 50.8 cm³/mol. The molecule has 0 fully saturated rings. The van der Waals surface area contributed by atoms with Crippen LogP contribution in [0.15, 0.2) is 28.9 Å². The number of rotatable bonds is 3. The zero-order valence-corrected chi connectivity index (χ0v) is 7.98. The number of aromatic amines is 1. The number of hydrogen-bond donors (Lipinski definition) is 2. The number of carbonyl (C=O) groups excluding carboxylic acids is 1. The second-order valence-electron chi connectivity index (χ2n) is 2.78. The van der Waals surface area contributed by atoms with Crippen LogP contribution >= 0.6 is 0 Å². The lowest BCUT2D eigenvalue weighted by atomic mass is 10.3. The van der Waals surface area contributed by atoms with Gasteiger partial charge < -0.3 is 4.42 Å². The van der Waals surface area contributed by atoms with Gasteiger partial charge in [-0.05, 0) is 12.1 Å². The maximum absolute atomic E-state index is 11.3. The van der Waals surface area contributed by atoms with Crippen molar-refractivity contribution < 1.29 is 14.0 Å². The van der Waals surface area contributed by atoms with Crippen molar-refractivity contribution in [3.63, 3.8) is 0 Å². The molecule has 0 aliphatic heterocycles. The van der Waals surface area contributed by atoms with Crippen molar-refractivity contribution in [2.45, 2.75) is 0 Å². The average molecular weight is 207 g/mol. The normalized spacial score (nSPS) is 10.2. The Morgan fingerprint density at radius 1 is 1.67 bits per heavy atom. The van der Waals surface area contributed by atoms with Crippen molar-refractivity contribution in [3.8, 4) is 11.5 Å². The fourth-order valence-electron chi connectivity index (χ4n) is 1.14. The van der Waals surface area contributed by atoms with Gasteiger partial charge in [-0.15, -0.1) is 0 Å². The molecule has 0 aliphatic rings. The van der Waals surface area contributed by atoms with E-state index in [1.807, 2.05) is 0 Å². The molecule has 0 spiro atoms. The molecule has 0 radical (unpaired) electrons. The second-order valence-corrected chi connectivity index (χ2v) is 2.78. The minimum Gasteiger partial charge on any atom is -0.463 e. The van der Waals surface area contributed by atoms with Gasteiger partial charge in [0.25, 0.3) is 5.91 Å². The van der Waals surface area contributed by atoms with Crippen LogP contribution < -0.4 is 5.48 Å². The number of H-pyrrole nitrogens is 1. The molecule has 6 heteroatoms. The number of amides is 1. The van der Waals surface area contributed by atoms with E-state index in [-0.39, 0.29) is 5.69 Å². The number of furan rings is 1. The molecule has 0 unspecified atom stereocenters. The third kappa shape index (κ3) is 1.89. The molecule has 15 heavy (non-hydrogen) atoms. The average Bonchev–Trinajstić information content (AvgIpc) is 2.89. The first-order valence-corrected chi connectivity index (χ1v) is 4.24. The molecular weight excluding hydrogens is 198 g/mol. The van der Waals surface area contributed by atoms with Crippen LogP contribution in [0.1, 0.15) is 10.5 Å². The van der Waals surface area contributed by atoms with Crippen molar-refractivity contribution in [1.29, 1.82) is 0 Å². The fraction of sp³-hybridized carbons (Fsp3) is 0.111. The molecule has 2 rings (SSSR count). The van der Waals surface area contributed by atoms with Crippen molar-refractivity contribution in [3.05, 3.63) is 30.2 Å². The third-order valence-corrected chi connectivity index (χ3v) is 1.79. The molecule has 2 heterocycles. The summed E-state index contributed by atoms with van der Waals surface area (Å²) in [6.07, 6.45) is 1.55. The van der Waals surface area contributed by atoms with Gasteiger partial charge in [-0.1, -0.05) is 0 Å². The van der Waals surface area contributed by atoms with E-state index in [0.717, 1.165) is 0 Å². The highest BCUT2D eigenvalue weighted by molar-refractivity contribution is 5.92. The lowest BCUT2D eigenvalue weighted by Gasteiger charge is -1.95. The largest absolute Gasteiger partial charge is 0.463 e. The van der Waals surface area contributed by atoms with Crippen LogP contribution in [0.2, 0.25) is 0 Å². The summed E-state index contributed by atoms with van der Waals surface area (Å²) in [7, 11) is 1.36. The molecule has 2 aromatic rings. The van der Waals surface area contributed by atoms with E-state index in [0.29, 0.717) is 11.5 Å². The Bertz CT molecular complexity index is 447. The Hall–Kier alpha value is -2.08. The fourth-order valence-corrected chi connectivity index (χ4v) is 1.14. The van der Waals surface area contributed by atoms with Crippen molar-refractivity contribution >= 4 is 5.91 Å². The third-order valence-electron chi connectivity index (χ3n) is 1.79. The molecule has 2 aromatic heterocycles. The van der Waals surface area contributed by atoms with Gasteiger partial charge in [0.2, 0.25) is 0 Å². The van der Waals surface area contributed by atoms with E-state index in [9.17, 15) is 4.79 Å². The SMILES string of the molecule is CONC(=O)c1cc(-c2ccco2)[nH]n1. The minimum atomic E-state index is -0.411. The Morgan fingerprint density at radius 3 is 3.20 bits per heavy atom. The van der Waals surface area contributed by atoms with Gasteiger partial charge in [-0.25, -0.2) is 5.48 Å². The quantitative estimate of drug-likeness (QED) is 0.734. The van der Waals surface area contributed by atoms with E-state index in [4.69, 9.17) is 4.42 Å². The Labute approximate surface area is 85.2 Å². The van der Waals surface area contributed by atoms with E-state index in [1.54, 1.807) is 24.5 Å². The standard InChI is InChI=1S/C9H9N3O3/c1-14-12-9(13)7-5-6(10-11-7)8-3-2-4-15-8/h2-5H,1H3,(H,10,11)(H,12,13). The van der Waals surface area contributed by atoms with E-state index in [1.165, 1.54) is 7.11 Å². The van der Waals surface area contributed by atoms with Gasteiger partial charge in [0.05, 0.1) is 13.4 Å². The second kappa shape index (κ2) is 3.97. The van der Waals surface area contributed by atoms with E-state index in [2.05, 4.69) is 20.5 Å². The molecule has 0 saturated carbocycles. The minimum absolute atomic E-state index is 0.239. The van der Waals surface area contributed by atoms with E-state index >= 15 is 0 Å². The van der Waals surface area contributed by atoms with Gasteiger partial charge in [-0.2, -0.15) is 5.10 Å². The topological polar surface area (TPSA) is 80.1 Å². The number of nitrogens with zero attached hydrogens (tertiary/aromatic N) is 1. The van der Waals surface area contributed by atoms with Crippen LogP contribution in [0.4, 0.5) is 0 Å². The molecular formula is C9H9N3O3. The number of hydrogen-bond acceptors (Lipinski definition) is 4. The molecule has 0 aliphatic carbocycles. The molecule has 0 bridgehead atoms. The highest BCUT2D eigenvalue weighted by Gasteiger charge is 2.11. The molecule has 0 aromatic carbocycles. The molecule has 78 valence electrons. The first-order valence-electron chi connectivity index (χ1n) is 4.24. The summed E-state index contributed by atoms with van der Waals surface area (Å²) in [5.41, 5.74) is 3.05. The van der Waals surface area contributed by atoms with Gasteiger partial charge in [0, 0.05) is 6.07 Å². The van der Waals surface area contributed by atoms with E-state index < -0.39 is 5.91 Å². The van der Waals surface area contributed by atoms with Crippen LogP contribution in [-0.4, -0.2) is 23.2 Å². The number of hydroxylamine groups is 1. The van der Waals surface area contributed by atoms with Gasteiger partial charge in [-0.3, -0.25) is 14.7 Å². The summed E-state index contributed by atoms with van der Waals surface area (Å²) in [6.45, 7) is 0. The van der Waals surface area contributed by atoms with Crippen molar-refractivity contribution in [1.82, 2.24) is 15.7 Å². The summed E-state index contributed by atoms with van der Waals surface area (Å²) in [5.74, 6) is 0.213. The van der Waals surface area contributed by atoms with Crippen LogP contribution in [0.25, 0.3) is 11.5 Å². The predicted octanol–water partition coefficient (Wildman–Crippen LogP) is 0.961. The van der Waals surface area contributed by atoms with Crippen molar-refractivity contribution in [2.75, 3.05) is 7.11 Å². The Kier molecular flexibility index (Phi) is 2.51. The molecule has 0 saturated heterocycles. The monoisotopic (exact) mass is 207 g/mol. The maximum atomic E-state index is 11.3. The molecule has 1 amide bonds. The molecule has 0 atom stereocenters. The van der Waals surface area contributed by atoms with Crippen LogP contribution in [0.3, 0.4) is 0 Å². The Morgan fingerprint density at radius 2 is 2.53 bits per heavy atom.